The number of hydrogen-bond acceptors (Lipinski definition) is 4. The van der Waals surface area contributed by atoms with Crippen LogP contribution in [0.1, 0.15) is 37.9 Å². The van der Waals surface area contributed by atoms with Crippen molar-refractivity contribution in [1.82, 2.24) is 4.98 Å². The molecule has 5 nitrogen and oxygen atoms in total. The van der Waals surface area contributed by atoms with Crippen LogP contribution in [-0.2, 0) is 16.0 Å². The number of nitrogens with zero attached hydrogens (tertiary/aromatic N) is 1. The Morgan fingerprint density at radius 1 is 0.964 bits per heavy atom. The minimum Gasteiger partial charge on any atom is -0.326 e. The number of carbonyl (C=O) groups is 2. The summed E-state index contributed by atoms with van der Waals surface area (Å²) in [6, 6.07) is 15.4. The summed E-state index contributed by atoms with van der Waals surface area (Å²) in [6.07, 6.45) is 0.229. The lowest BCUT2D eigenvalue weighted by Gasteiger charge is -2.08. The molecule has 0 atom stereocenters. The second kappa shape index (κ2) is 8.80. The third-order valence-electron chi connectivity index (χ3n) is 4.21. The molecule has 0 bridgehead atoms. The first-order chi connectivity index (χ1) is 13.4. The van der Waals surface area contributed by atoms with E-state index in [0.717, 1.165) is 27.6 Å². The van der Waals surface area contributed by atoms with E-state index in [-0.39, 0.29) is 18.2 Å². The molecule has 3 rings (SSSR count). The third kappa shape index (κ3) is 5.27. The molecule has 0 aliphatic carbocycles. The Bertz CT molecular complexity index is 960. The van der Waals surface area contributed by atoms with Crippen molar-refractivity contribution >= 4 is 34.5 Å². The second-order valence-electron chi connectivity index (χ2n) is 6.90. The molecule has 0 saturated carbocycles. The lowest BCUT2D eigenvalue weighted by atomic mass is 10.0. The van der Waals surface area contributed by atoms with Gasteiger partial charge >= 0.3 is 0 Å². The number of anilines is 2. The molecule has 1 heterocycles. The fraction of sp³-hybridized carbons (Fsp3) is 0.227. The molecule has 0 spiro atoms. The molecular weight excluding hydrogens is 370 g/mol. The summed E-state index contributed by atoms with van der Waals surface area (Å²) in [5.74, 6) is 0.273. The molecule has 0 saturated heterocycles. The lowest BCUT2D eigenvalue weighted by Crippen LogP contribution is -2.14. The largest absolute Gasteiger partial charge is 0.326 e. The van der Waals surface area contributed by atoms with Gasteiger partial charge in [0.05, 0.1) is 12.1 Å². The van der Waals surface area contributed by atoms with Crippen LogP contribution in [0.2, 0.25) is 0 Å². The zero-order valence-corrected chi connectivity index (χ0v) is 17.0. The zero-order valence-electron chi connectivity index (χ0n) is 16.2. The van der Waals surface area contributed by atoms with Gasteiger partial charge in [0.15, 0.2) is 0 Å². The van der Waals surface area contributed by atoms with Gasteiger partial charge < -0.3 is 10.6 Å². The molecular formula is C22H23N3O2S. The highest BCUT2D eigenvalue weighted by Crippen LogP contribution is 2.25. The average Bonchev–Trinajstić information content (AvgIpc) is 3.10. The monoisotopic (exact) mass is 393 g/mol. The molecule has 6 heteroatoms. The van der Waals surface area contributed by atoms with Gasteiger partial charge in [-0.2, -0.15) is 0 Å². The number of carbonyl (C=O) groups excluding carboxylic acids is 2. The van der Waals surface area contributed by atoms with Crippen LogP contribution in [-0.4, -0.2) is 16.8 Å². The normalized spacial score (nSPS) is 10.7. The topological polar surface area (TPSA) is 71.1 Å². The quantitative estimate of drug-likeness (QED) is 0.614. The van der Waals surface area contributed by atoms with E-state index < -0.39 is 0 Å². The lowest BCUT2D eigenvalue weighted by molar-refractivity contribution is -0.116. The maximum atomic E-state index is 12.3. The number of rotatable bonds is 6. The van der Waals surface area contributed by atoms with Gasteiger partial charge in [0, 0.05) is 29.2 Å². The molecule has 0 radical (unpaired) electrons. The molecule has 28 heavy (non-hydrogen) atoms. The van der Waals surface area contributed by atoms with Crippen LogP contribution in [0.5, 0.6) is 0 Å². The smallest absolute Gasteiger partial charge is 0.230 e. The van der Waals surface area contributed by atoms with Crippen molar-refractivity contribution in [2.24, 2.45) is 0 Å². The van der Waals surface area contributed by atoms with Crippen LogP contribution >= 0.6 is 11.3 Å². The summed E-state index contributed by atoms with van der Waals surface area (Å²) in [4.78, 5) is 28.0. The van der Waals surface area contributed by atoms with Crippen molar-refractivity contribution in [3.05, 3.63) is 65.2 Å². The van der Waals surface area contributed by atoms with Crippen molar-refractivity contribution in [2.75, 3.05) is 10.6 Å². The molecule has 0 unspecified atom stereocenters. The first-order valence-corrected chi connectivity index (χ1v) is 10.0. The van der Waals surface area contributed by atoms with E-state index in [0.29, 0.717) is 5.92 Å². The molecule has 0 aliphatic rings. The fourth-order valence-electron chi connectivity index (χ4n) is 2.74. The molecule has 3 aromatic rings. The van der Waals surface area contributed by atoms with E-state index in [1.165, 1.54) is 23.8 Å². The molecule has 144 valence electrons. The number of amides is 2. The Hall–Kier alpha value is -2.99. The number of thiazole rings is 1. The summed E-state index contributed by atoms with van der Waals surface area (Å²) >= 11 is 1.50. The molecule has 2 aromatic carbocycles. The number of nitrogens with one attached hydrogen (secondary N) is 2. The second-order valence-corrected chi connectivity index (χ2v) is 7.76. The summed E-state index contributed by atoms with van der Waals surface area (Å²) in [5.41, 5.74) is 4.47. The fourth-order valence-corrected chi connectivity index (χ4v) is 3.57. The van der Waals surface area contributed by atoms with E-state index in [2.05, 4.69) is 29.5 Å². The zero-order chi connectivity index (χ0) is 20.1. The van der Waals surface area contributed by atoms with Gasteiger partial charge in [-0.1, -0.05) is 26.0 Å². The Morgan fingerprint density at radius 2 is 1.57 bits per heavy atom. The maximum absolute atomic E-state index is 12.3. The Kier molecular flexibility index (Phi) is 6.21. The van der Waals surface area contributed by atoms with Crippen LogP contribution in [0, 0.1) is 0 Å². The van der Waals surface area contributed by atoms with Gasteiger partial charge in [-0.25, -0.2) is 4.98 Å². The molecule has 1 aromatic heterocycles. The molecule has 2 N–H and O–H groups in total. The van der Waals surface area contributed by atoms with Gasteiger partial charge in [0.25, 0.3) is 0 Å². The average molecular weight is 394 g/mol. The number of aromatic nitrogens is 1. The Labute approximate surface area is 168 Å². The molecule has 2 amide bonds. The first-order valence-electron chi connectivity index (χ1n) is 9.13. The van der Waals surface area contributed by atoms with E-state index in [1.54, 1.807) is 0 Å². The Morgan fingerprint density at radius 3 is 2.18 bits per heavy atom. The predicted octanol–water partition coefficient (Wildman–Crippen LogP) is 5.07. The highest BCUT2D eigenvalue weighted by atomic mass is 32.1. The van der Waals surface area contributed by atoms with E-state index in [4.69, 9.17) is 0 Å². The van der Waals surface area contributed by atoms with Crippen LogP contribution in [0.4, 0.5) is 11.4 Å². The van der Waals surface area contributed by atoms with Gasteiger partial charge in [0.1, 0.15) is 5.01 Å². The SMILES string of the molecule is CC(=O)Nc1ccc(-c2nc(CC(=O)Nc3ccc(C(C)C)cc3)cs2)cc1. The standard InChI is InChI=1S/C22H23N3O2S/c1-14(2)16-4-8-19(9-5-16)24-21(27)12-20-13-28-22(25-20)17-6-10-18(11-7-17)23-15(3)26/h4-11,13-14H,12H2,1-3H3,(H,23,26)(H,24,27). The van der Waals surface area contributed by atoms with Gasteiger partial charge in [0.2, 0.25) is 11.8 Å². The molecule has 0 fully saturated rings. The predicted molar refractivity (Wildman–Crippen MR) is 115 cm³/mol. The molecule has 0 aliphatic heterocycles. The highest BCUT2D eigenvalue weighted by Gasteiger charge is 2.10. The van der Waals surface area contributed by atoms with Gasteiger partial charge in [-0.3, -0.25) is 9.59 Å². The van der Waals surface area contributed by atoms with Crippen molar-refractivity contribution in [3.8, 4) is 10.6 Å². The summed E-state index contributed by atoms with van der Waals surface area (Å²) in [5, 5.41) is 8.40. The summed E-state index contributed by atoms with van der Waals surface area (Å²) < 4.78 is 0. The summed E-state index contributed by atoms with van der Waals surface area (Å²) in [7, 11) is 0. The summed E-state index contributed by atoms with van der Waals surface area (Å²) in [6.45, 7) is 5.76. The third-order valence-corrected chi connectivity index (χ3v) is 5.15. The van der Waals surface area contributed by atoms with Crippen LogP contribution in [0.3, 0.4) is 0 Å². The minimum atomic E-state index is -0.103. The van der Waals surface area contributed by atoms with Crippen molar-refractivity contribution in [2.45, 2.75) is 33.1 Å². The van der Waals surface area contributed by atoms with Crippen molar-refractivity contribution in [1.29, 1.82) is 0 Å². The van der Waals surface area contributed by atoms with E-state index in [1.807, 2.05) is 53.9 Å². The van der Waals surface area contributed by atoms with E-state index >= 15 is 0 Å². The maximum Gasteiger partial charge on any atom is 0.230 e. The van der Waals surface area contributed by atoms with Gasteiger partial charge in [-0.05, 0) is 47.9 Å². The van der Waals surface area contributed by atoms with Crippen LogP contribution < -0.4 is 10.6 Å². The van der Waals surface area contributed by atoms with E-state index in [9.17, 15) is 9.59 Å². The first kappa shape index (κ1) is 19.8. The van der Waals surface area contributed by atoms with Crippen molar-refractivity contribution in [3.63, 3.8) is 0 Å². The minimum absolute atomic E-state index is 0.0878. The number of benzene rings is 2. The highest BCUT2D eigenvalue weighted by molar-refractivity contribution is 7.13. The van der Waals surface area contributed by atoms with Gasteiger partial charge in [-0.15, -0.1) is 11.3 Å². The van der Waals surface area contributed by atoms with Crippen LogP contribution in [0.25, 0.3) is 10.6 Å². The van der Waals surface area contributed by atoms with Crippen LogP contribution in [0.15, 0.2) is 53.9 Å². The Balaban J connectivity index is 1.60. The van der Waals surface area contributed by atoms with Crippen molar-refractivity contribution < 1.29 is 9.59 Å². The number of hydrogen-bond donors (Lipinski definition) is 2.